The zero-order valence-corrected chi connectivity index (χ0v) is 11.6. The van der Waals surface area contributed by atoms with Gasteiger partial charge in [0.25, 0.3) is 5.91 Å². The van der Waals surface area contributed by atoms with Gasteiger partial charge in [0.2, 0.25) is 0 Å². The van der Waals surface area contributed by atoms with Crippen LogP contribution >= 0.6 is 0 Å². The normalized spacial score (nSPS) is 9.62. The summed E-state index contributed by atoms with van der Waals surface area (Å²) < 4.78 is 0. The van der Waals surface area contributed by atoms with Crippen LogP contribution in [0.15, 0.2) is 30.7 Å². The lowest BCUT2D eigenvalue weighted by atomic mass is 10.2. The van der Waals surface area contributed by atoms with Gasteiger partial charge in [-0.25, -0.2) is 4.98 Å². The van der Waals surface area contributed by atoms with Crippen LogP contribution in [0.5, 0.6) is 0 Å². The number of hydrogen-bond donors (Lipinski definition) is 2. The van der Waals surface area contributed by atoms with Gasteiger partial charge in [0, 0.05) is 18.0 Å². The average molecular weight is 281 g/mol. The highest BCUT2D eigenvalue weighted by Gasteiger charge is 2.07. The second-order valence-corrected chi connectivity index (χ2v) is 4.27. The van der Waals surface area contributed by atoms with Gasteiger partial charge in [0.1, 0.15) is 5.69 Å². The Hall–Kier alpha value is -2.78. The van der Waals surface area contributed by atoms with E-state index in [-0.39, 0.29) is 5.91 Å². The number of carbonyl (C=O) groups excluding carboxylic acids is 1. The molecular weight excluding hydrogens is 266 g/mol. The van der Waals surface area contributed by atoms with Crippen LogP contribution in [0.4, 0.5) is 0 Å². The minimum Gasteiger partial charge on any atom is -0.345 e. The molecule has 2 heterocycles. The van der Waals surface area contributed by atoms with Gasteiger partial charge in [-0.2, -0.15) is 0 Å². The lowest BCUT2D eigenvalue weighted by Gasteiger charge is -2.04. The Morgan fingerprint density at radius 3 is 2.71 bits per heavy atom. The molecule has 0 spiro atoms. The molecule has 0 saturated heterocycles. The van der Waals surface area contributed by atoms with Gasteiger partial charge in [-0.05, 0) is 19.1 Å². The Kier molecular flexibility index (Phi) is 4.96. The topological polar surface area (TPSA) is 93.8 Å². The van der Waals surface area contributed by atoms with Gasteiger partial charge in [-0.15, -0.1) is 0 Å². The van der Waals surface area contributed by atoms with Crippen molar-refractivity contribution in [1.82, 2.24) is 20.3 Å². The summed E-state index contributed by atoms with van der Waals surface area (Å²) in [6.07, 6.45) is 4.84. The van der Waals surface area contributed by atoms with Gasteiger partial charge in [0.15, 0.2) is 0 Å². The maximum absolute atomic E-state index is 11.9. The van der Waals surface area contributed by atoms with Crippen LogP contribution in [0.2, 0.25) is 0 Å². The molecule has 2 rings (SSSR count). The van der Waals surface area contributed by atoms with Crippen molar-refractivity contribution in [2.75, 3.05) is 6.54 Å². The Morgan fingerprint density at radius 1 is 1.24 bits per heavy atom. The van der Waals surface area contributed by atoms with Gasteiger partial charge in [-0.1, -0.05) is 11.8 Å². The zero-order chi connectivity index (χ0) is 15.1. The lowest BCUT2D eigenvalue weighted by Crippen LogP contribution is -2.24. The van der Waals surface area contributed by atoms with Gasteiger partial charge >= 0.3 is 0 Å². The highest BCUT2D eigenvalue weighted by Crippen LogP contribution is 2.00. The van der Waals surface area contributed by atoms with Gasteiger partial charge in [0.05, 0.1) is 30.7 Å². The zero-order valence-electron chi connectivity index (χ0n) is 11.6. The molecule has 21 heavy (non-hydrogen) atoms. The largest absolute Gasteiger partial charge is 0.345 e. The number of aryl methyl sites for hydroxylation is 1. The molecule has 0 aromatic carbocycles. The number of carbonyl (C=O) groups is 1. The van der Waals surface area contributed by atoms with Crippen LogP contribution in [-0.4, -0.2) is 27.4 Å². The van der Waals surface area contributed by atoms with Gasteiger partial charge < -0.3 is 11.1 Å². The predicted molar refractivity (Wildman–Crippen MR) is 78.1 cm³/mol. The molecule has 0 aliphatic rings. The quantitative estimate of drug-likeness (QED) is 0.795. The molecule has 0 atom stereocenters. The standard InChI is InChI=1S/C15H15N5O/c1-11-7-18-13(9-17-11)10-20-15(21)14-5-4-12(8-19-14)3-2-6-16/h4-5,7-9H,6,10,16H2,1H3,(H,20,21). The van der Waals surface area contributed by atoms with Crippen molar-refractivity contribution in [2.45, 2.75) is 13.5 Å². The lowest BCUT2D eigenvalue weighted by molar-refractivity contribution is 0.0945. The van der Waals surface area contributed by atoms with E-state index in [1.807, 2.05) is 6.92 Å². The number of aromatic nitrogens is 3. The highest BCUT2D eigenvalue weighted by molar-refractivity contribution is 5.92. The predicted octanol–water partition coefficient (Wildman–Crippen LogP) is 0.420. The van der Waals surface area contributed by atoms with E-state index < -0.39 is 0 Å². The van der Waals surface area contributed by atoms with Crippen LogP contribution in [0, 0.1) is 18.8 Å². The first-order valence-electron chi connectivity index (χ1n) is 6.40. The molecular formula is C15H15N5O. The first-order chi connectivity index (χ1) is 10.2. The summed E-state index contributed by atoms with van der Waals surface area (Å²) in [4.78, 5) is 24.3. The van der Waals surface area contributed by atoms with Crippen LogP contribution in [-0.2, 0) is 6.54 Å². The molecule has 0 aliphatic carbocycles. The molecule has 0 radical (unpaired) electrons. The average Bonchev–Trinajstić information content (AvgIpc) is 2.52. The fourth-order valence-corrected chi connectivity index (χ4v) is 1.53. The van der Waals surface area contributed by atoms with E-state index >= 15 is 0 Å². The van der Waals surface area contributed by atoms with Crippen molar-refractivity contribution in [2.24, 2.45) is 5.73 Å². The first kappa shape index (κ1) is 14.6. The van der Waals surface area contributed by atoms with E-state index in [1.165, 1.54) is 0 Å². The number of hydrogen-bond acceptors (Lipinski definition) is 5. The molecule has 0 saturated carbocycles. The van der Waals surface area contributed by atoms with Gasteiger partial charge in [-0.3, -0.25) is 14.8 Å². The summed E-state index contributed by atoms with van der Waals surface area (Å²) in [6.45, 7) is 2.46. The number of nitrogens with two attached hydrogens (primary N) is 1. The molecule has 0 unspecified atom stereocenters. The molecule has 0 bridgehead atoms. The molecule has 3 N–H and O–H groups in total. The number of nitrogens with zero attached hydrogens (tertiary/aromatic N) is 3. The van der Waals surface area contributed by atoms with Crippen molar-refractivity contribution in [3.63, 3.8) is 0 Å². The number of nitrogens with one attached hydrogen (secondary N) is 1. The second kappa shape index (κ2) is 7.12. The summed E-state index contributed by atoms with van der Waals surface area (Å²) >= 11 is 0. The summed E-state index contributed by atoms with van der Waals surface area (Å²) in [5, 5.41) is 2.74. The molecule has 1 amide bonds. The van der Waals surface area contributed by atoms with Crippen LogP contribution in [0.25, 0.3) is 0 Å². The Balaban J connectivity index is 1.95. The highest BCUT2D eigenvalue weighted by atomic mass is 16.1. The summed E-state index contributed by atoms with van der Waals surface area (Å²) in [6, 6.07) is 3.35. The molecule has 106 valence electrons. The number of pyridine rings is 1. The maximum Gasteiger partial charge on any atom is 0.270 e. The van der Waals surface area contributed by atoms with Crippen molar-refractivity contribution in [3.05, 3.63) is 53.4 Å². The molecule has 2 aromatic heterocycles. The smallest absolute Gasteiger partial charge is 0.270 e. The Morgan fingerprint density at radius 2 is 2.10 bits per heavy atom. The monoisotopic (exact) mass is 281 g/mol. The van der Waals surface area contributed by atoms with E-state index in [4.69, 9.17) is 5.73 Å². The molecule has 0 aliphatic heterocycles. The fourth-order valence-electron chi connectivity index (χ4n) is 1.53. The van der Waals surface area contributed by atoms with Crippen molar-refractivity contribution >= 4 is 5.91 Å². The summed E-state index contributed by atoms with van der Waals surface area (Å²) in [5.74, 6) is 5.30. The minimum absolute atomic E-state index is 0.268. The third kappa shape index (κ3) is 4.37. The summed E-state index contributed by atoms with van der Waals surface area (Å²) in [5.41, 5.74) is 7.87. The van der Waals surface area contributed by atoms with Crippen molar-refractivity contribution < 1.29 is 4.79 Å². The first-order valence-corrected chi connectivity index (χ1v) is 6.40. The molecule has 6 heteroatoms. The maximum atomic E-state index is 11.9. The third-order valence-electron chi connectivity index (χ3n) is 2.60. The third-order valence-corrected chi connectivity index (χ3v) is 2.60. The summed E-state index contributed by atoms with van der Waals surface area (Å²) in [7, 11) is 0. The number of rotatable bonds is 3. The van der Waals surface area contributed by atoms with Crippen LogP contribution in [0.3, 0.4) is 0 Å². The van der Waals surface area contributed by atoms with Crippen molar-refractivity contribution in [3.8, 4) is 11.8 Å². The SMILES string of the molecule is Cc1cnc(CNC(=O)c2ccc(C#CCN)cn2)cn1. The molecule has 2 aromatic rings. The minimum atomic E-state index is -0.268. The van der Waals surface area contributed by atoms with E-state index in [0.29, 0.717) is 24.5 Å². The van der Waals surface area contributed by atoms with Crippen molar-refractivity contribution in [1.29, 1.82) is 0 Å². The molecule has 6 nitrogen and oxygen atoms in total. The Labute approximate surface area is 122 Å². The van der Waals surface area contributed by atoms with Crippen LogP contribution < -0.4 is 11.1 Å². The second-order valence-electron chi connectivity index (χ2n) is 4.27. The van der Waals surface area contributed by atoms with E-state index in [1.54, 1.807) is 30.7 Å². The van der Waals surface area contributed by atoms with E-state index in [2.05, 4.69) is 32.1 Å². The fraction of sp³-hybridized carbons (Fsp3) is 0.200. The Bertz CT molecular complexity index is 668. The van der Waals surface area contributed by atoms with Crippen LogP contribution in [0.1, 0.15) is 27.4 Å². The van der Waals surface area contributed by atoms with E-state index in [9.17, 15) is 4.79 Å². The van der Waals surface area contributed by atoms with E-state index in [0.717, 1.165) is 11.3 Å². The number of amides is 1. The molecule has 0 fully saturated rings.